The van der Waals surface area contributed by atoms with Crippen molar-refractivity contribution < 1.29 is 4.74 Å². The molecule has 0 amide bonds. The van der Waals surface area contributed by atoms with Gasteiger partial charge in [0, 0.05) is 12.6 Å². The lowest BCUT2D eigenvalue weighted by molar-refractivity contribution is -0.00439. The second-order valence-electron chi connectivity index (χ2n) is 4.05. The molecule has 15 heavy (non-hydrogen) atoms. The van der Waals surface area contributed by atoms with Crippen molar-refractivity contribution in [2.75, 3.05) is 26.3 Å². The smallest absolute Gasteiger partial charge is 0.0625 e. The quantitative estimate of drug-likeness (QED) is 0.748. The fourth-order valence-corrected chi connectivity index (χ4v) is 2.18. The Morgan fingerprint density at radius 3 is 2.87 bits per heavy atom. The van der Waals surface area contributed by atoms with Gasteiger partial charge in [-0.05, 0) is 18.5 Å². The Balaban J connectivity index is 1.97. The maximum atomic E-state index is 5.54. The Morgan fingerprint density at radius 1 is 1.33 bits per heavy atom. The van der Waals surface area contributed by atoms with Crippen LogP contribution < -0.4 is 0 Å². The van der Waals surface area contributed by atoms with Gasteiger partial charge in [0.1, 0.15) is 0 Å². The number of rotatable bonds is 3. The first-order valence-electron chi connectivity index (χ1n) is 5.76. The molecule has 1 aliphatic rings. The maximum absolute atomic E-state index is 5.54. The van der Waals surface area contributed by atoms with Gasteiger partial charge >= 0.3 is 0 Å². The lowest BCUT2D eigenvalue weighted by Crippen LogP contribution is -2.46. The zero-order valence-electron chi connectivity index (χ0n) is 9.36. The van der Waals surface area contributed by atoms with Gasteiger partial charge in [-0.3, -0.25) is 4.90 Å². The molecule has 0 aromatic heterocycles. The first-order chi connectivity index (χ1) is 7.40. The predicted octanol–water partition coefficient (Wildman–Crippen LogP) is 1.95. The van der Waals surface area contributed by atoms with Gasteiger partial charge in [-0.1, -0.05) is 37.3 Å². The number of morpholine rings is 1. The molecule has 0 N–H and O–H groups in total. The number of hydrogen-bond donors (Lipinski definition) is 0. The molecule has 2 heteroatoms. The molecule has 1 fully saturated rings. The monoisotopic (exact) mass is 205 g/mol. The molecule has 1 aliphatic heterocycles. The van der Waals surface area contributed by atoms with Gasteiger partial charge < -0.3 is 4.74 Å². The molecule has 0 spiro atoms. The molecular weight excluding hydrogens is 186 g/mol. The van der Waals surface area contributed by atoms with Crippen molar-refractivity contribution in [3.05, 3.63) is 35.9 Å². The molecule has 0 radical (unpaired) electrons. The molecule has 82 valence electrons. The summed E-state index contributed by atoms with van der Waals surface area (Å²) in [5.74, 6) is 0. The Hall–Kier alpha value is -0.860. The topological polar surface area (TPSA) is 12.5 Å². The first-order valence-corrected chi connectivity index (χ1v) is 5.76. The largest absolute Gasteiger partial charge is 0.378 e. The Bertz CT molecular complexity index is 286. The summed E-state index contributed by atoms with van der Waals surface area (Å²) in [6, 6.07) is 11.2. The highest BCUT2D eigenvalue weighted by atomic mass is 16.5. The van der Waals surface area contributed by atoms with Crippen LogP contribution in [0.3, 0.4) is 0 Å². The second-order valence-corrected chi connectivity index (χ2v) is 4.05. The molecule has 1 heterocycles. The third-order valence-corrected chi connectivity index (χ3v) is 3.07. The normalized spacial score (nSPS) is 22.9. The van der Waals surface area contributed by atoms with Gasteiger partial charge in [0.2, 0.25) is 0 Å². The van der Waals surface area contributed by atoms with Crippen molar-refractivity contribution in [3.63, 3.8) is 0 Å². The average molecular weight is 205 g/mol. The SMILES string of the molecule is CCN1CCOC[C@@H]1Cc1ccccc1. The third-order valence-electron chi connectivity index (χ3n) is 3.07. The Kier molecular flexibility index (Phi) is 3.75. The van der Waals surface area contributed by atoms with Gasteiger partial charge in [-0.2, -0.15) is 0 Å². The average Bonchev–Trinajstić information content (AvgIpc) is 2.31. The van der Waals surface area contributed by atoms with Crippen LogP contribution in [0.4, 0.5) is 0 Å². The van der Waals surface area contributed by atoms with Crippen molar-refractivity contribution in [3.8, 4) is 0 Å². The highest BCUT2D eigenvalue weighted by Crippen LogP contribution is 2.12. The highest BCUT2D eigenvalue weighted by molar-refractivity contribution is 5.16. The zero-order valence-corrected chi connectivity index (χ0v) is 9.36. The van der Waals surface area contributed by atoms with E-state index in [1.807, 2.05) is 0 Å². The summed E-state index contributed by atoms with van der Waals surface area (Å²) in [6.07, 6.45) is 1.11. The van der Waals surface area contributed by atoms with E-state index in [-0.39, 0.29) is 0 Å². The van der Waals surface area contributed by atoms with E-state index in [4.69, 9.17) is 4.74 Å². The van der Waals surface area contributed by atoms with Gasteiger partial charge in [0.05, 0.1) is 13.2 Å². The summed E-state index contributed by atoms with van der Waals surface area (Å²) in [5, 5.41) is 0. The van der Waals surface area contributed by atoms with Crippen LogP contribution in [0, 0.1) is 0 Å². The van der Waals surface area contributed by atoms with Gasteiger partial charge in [-0.25, -0.2) is 0 Å². The molecule has 1 atom stereocenters. The lowest BCUT2D eigenvalue weighted by atomic mass is 10.0. The predicted molar refractivity (Wildman–Crippen MR) is 62.0 cm³/mol. The lowest BCUT2D eigenvalue weighted by Gasteiger charge is -2.34. The molecule has 1 aromatic carbocycles. The minimum absolute atomic E-state index is 0.561. The molecule has 0 bridgehead atoms. The Labute approximate surface area is 91.9 Å². The highest BCUT2D eigenvalue weighted by Gasteiger charge is 2.21. The van der Waals surface area contributed by atoms with E-state index in [9.17, 15) is 0 Å². The van der Waals surface area contributed by atoms with Gasteiger partial charge in [0.15, 0.2) is 0 Å². The summed E-state index contributed by atoms with van der Waals surface area (Å²) in [7, 11) is 0. The zero-order chi connectivity index (χ0) is 10.5. The maximum Gasteiger partial charge on any atom is 0.0625 e. The van der Waals surface area contributed by atoms with Crippen molar-refractivity contribution >= 4 is 0 Å². The van der Waals surface area contributed by atoms with Gasteiger partial charge in [-0.15, -0.1) is 0 Å². The van der Waals surface area contributed by atoms with E-state index < -0.39 is 0 Å². The van der Waals surface area contributed by atoms with Crippen LogP contribution in [0.5, 0.6) is 0 Å². The van der Waals surface area contributed by atoms with Crippen LogP contribution in [-0.2, 0) is 11.2 Å². The number of ether oxygens (including phenoxy) is 1. The minimum Gasteiger partial charge on any atom is -0.378 e. The summed E-state index contributed by atoms with van der Waals surface area (Å²) in [6.45, 7) is 6.19. The van der Waals surface area contributed by atoms with Crippen LogP contribution in [0.25, 0.3) is 0 Å². The third kappa shape index (κ3) is 2.80. The van der Waals surface area contributed by atoms with Gasteiger partial charge in [0.25, 0.3) is 0 Å². The number of likely N-dealkylation sites (N-methyl/N-ethyl adjacent to an activating group) is 1. The van der Waals surface area contributed by atoms with Crippen molar-refractivity contribution in [2.24, 2.45) is 0 Å². The molecular formula is C13H19NO. The summed E-state index contributed by atoms with van der Waals surface area (Å²) >= 11 is 0. The molecule has 2 nitrogen and oxygen atoms in total. The number of hydrogen-bond acceptors (Lipinski definition) is 2. The molecule has 0 saturated carbocycles. The van der Waals surface area contributed by atoms with Crippen LogP contribution in [-0.4, -0.2) is 37.2 Å². The van der Waals surface area contributed by atoms with E-state index in [1.165, 1.54) is 5.56 Å². The van der Waals surface area contributed by atoms with Crippen molar-refractivity contribution in [2.45, 2.75) is 19.4 Å². The first kappa shape index (κ1) is 10.7. The number of benzene rings is 1. The fourth-order valence-electron chi connectivity index (χ4n) is 2.18. The van der Waals surface area contributed by atoms with Crippen molar-refractivity contribution in [1.29, 1.82) is 0 Å². The fraction of sp³-hybridized carbons (Fsp3) is 0.538. The molecule has 0 aliphatic carbocycles. The van der Waals surface area contributed by atoms with E-state index in [0.717, 1.165) is 32.7 Å². The van der Waals surface area contributed by atoms with Crippen LogP contribution in [0.15, 0.2) is 30.3 Å². The van der Waals surface area contributed by atoms with E-state index in [1.54, 1.807) is 0 Å². The van der Waals surface area contributed by atoms with E-state index in [2.05, 4.69) is 42.2 Å². The Morgan fingerprint density at radius 2 is 2.13 bits per heavy atom. The van der Waals surface area contributed by atoms with E-state index in [0.29, 0.717) is 6.04 Å². The minimum atomic E-state index is 0.561. The molecule has 0 unspecified atom stereocenters. The molecule has 2 rings (SSSR count). The number of nitrogens with zero attached hydrogens (tertiary/aromatic N) is 1. The van der Waals surface area contributed by atoms with E-state index >= 15 is 0 Å². The van der Waals surface area contributed by atoms with Crippen LogP contribution in [0.1, 0.15) is 12.5 Å². The van der Waals surface area contributed by atoms with Crippen LogP contribution in [0.2, 0.25) is 0 Å². The molecule has 1 aromatic rings. The standard InChI is InChI=1S/C13H19NO/c1-2-14-8-9-15-11-13(14)10-12-6-4-3-5-7-12/h3-7,13H,2,8-11H2,1H3/t13-/m0/s1. The summed E-state index contributed by atoms with van der Waals surface area (Å²) in [5.41, 5.74) is 1.41. The summed E-state index contributed by atoms with van der Waals surface area (Å²) in [4.78, 5) is 2.51. The van der Waals surface area contributed by atoms with Crippen molar-refractivity contribution in [1.82, 2.24) is 4.90 Å². The van der Waals surface area contributed by atoms with Crippen LogP contribution >= 0.6 is 0 Å². The summed E-state index contributed by atoms with van der Waals surface area (Å²) < 4.78 is 5.54. The molecule has 1 saturated heterocycles. The second kappa shape index (κ2) is 5.29.